The van der Waals surface area contributed by atoms with Gasteiger partial charge in [0.05, 0.1) is 6.42 Å². The largest absolute Gasteiger partial charge is 0.448 e. The fourth-order valence-electron chi connectivity index (χ4n) is 4.75. The molecule has 2 aliphatic rings. The van der Waals surface area contributed by atoms with Crippen LogP contribution in [-0.2, 0) is 30.3 Å². The van der Waals surface area contributed by atoms with Gasteiger partial charge in [-0.25, -0.2) is 4.79 Å². The standard InChI is InChI=1S/C30H28N2O5S/c1-19-25(29(35)37-26(21-14-8-4-9-15-21)22-16-10-5-11-17-22)32-27(34)24(28(32)38-30(19)36-2)31-23(33)18-20-12-6-3-7-13-20/h3-17,24,26,28,30H,18H2,1-2H3,(H,31,33)/t24-,28+,30-/m0/s1. The number of amides is 2. The van der Waals surface area contributed by atoms with Gasteiger partial charge in [0.25, 0.3) is 5.91 Å². The number of carbonyl (C=O) groups excluding carboxylic acids is 3. The molecule has 5 rings (SSSR count). The Kier molecular flexibility index (Phi) is 7.62. The number of fused-ring (bicyclic) bond motifs is 1. The zero-order valence-corrected chi connectivity index (χ0v) is 21.9. The summed E-state index contributed by atoms with van der Waals surface area (Å²) in [7, 11) is 1.56. The molecule has 3 aromatic carbocycles. The van der Waals surface area contributed by atoms with E-state index < -0.39 is 28.9 Å². The van der Waals surface area contributed by atoms with E-state index in [0.717, 1.165) is 16.7 Å². The number of methoxy groups -OCH3 is 1. The lowest BCUT2D eigenvalue weighted by atomic mass is 10.0. The topological polar surface area (TPSA) is 84.9 Å². The molecule has 2 amide bonds. The number of hydrogen-bond acceptors (Lipinski definition) is 6. The van der Waals surface area contributed by atoms with Crippen molar-refractivity contribution in [2.75, 3.05) is 7.11 Å². The highest BCUT2D eigenvalue weighted by Crippen LogP contribution is 2.45. The third kappa shape index (κ3) is 5.10. The highest BCUT2D eigenvalue weighted by molar-refractivity contribution is 8.00. The Labute approximate surface area is 225 Å². The maximum atomic E-state index is 13.7. The summed E-state index contributed by atoms with van der Waals surface area (Å²) in [5, 5.41) is 2.36. The highest BCUT2D eigenvalue weighted by Gasteiger charge is 2.56. The van der Waals surface area contributed by atoms with Crippen molar-refractivity contribution in [2.24, 2.45) is 0 Å². The first-order valence-electron chi connectivity index (χ1n) is 12.3. The predicted octanol–water partition coefficient (Wildman–Crippen LogP) is 4.21. The Morgan fingerprint density at radius 1 is 0.921 bits per heavy atom. The van der Waals surface area contributed by atoms with Crippen molar-refractivity contribution in [1.82, 2.24) is 10.2 Å². The Balaban J connectivity index is 1.38. The summed E-state index contributed by atoms with van der Waals surface area (Å²) in [6.07, 6.45) is -0.494. The van der Waals surface area contributed by atoms with Gasteiger partial charge in [0.2, 0.25) is 5.91 Å². The third-order valence-corrected chi connectivity index (χ3v) is 8.19. The Morgan fingerprint density at radius 2 is 1.47 bits per heavy atom. The van der Waals surface area contributed by atoms with Crippen LogP contribution < -0.4 is 5.32 Å². The first-order valence-corrected chi connectivity index (χ1v) is 13.3. The van der Waals surface area contributed by atoms with E-state index in [1.165, 1.54) is 16.7 Å². The summed E-state index contributed by atoms with van der Waals surface area (Å²) in [6.45, 7) is 1.77. The fraction of sp³-hybridized carbons (Fsp3) is 0.233. The first-order chi connectivity index (χ1) is 18.5. The van der Waals surface area contributed by atoms with Gasteiger partial charge in [-0.3, -0.25) is 14.5 Å². The molecular formula is C30H28N2O5S. The minimum atomic E-state index is -0.760. The summed E-state index contributed by atoms with van der Waals surface area (Å²) in [4.78, 5) is 41.1. The van der Waals surface area contributed by atoms with Gasteiger partial charge in [-0.15, -0.1) is 0 Å². The van der Waals surface area contributed by atoms with Crippen molar-refractivity contribution in [1.29, 1.82) is 0 Å². The number of esters is 1. The molecule has 38 heavy (non-hydrogen) atoms. The maximum absolute atomic E-state index is 13.7. The molecule has 0 aliphatic carbocycles. The van der Waals surface area contributed by atoms with E-state index in [1.54, 1.807) is 14.0 Å². The molecule has 0 unspecified atom stereocenters. The second-order valence-electron chi connectivity index (χ2n) is 9.15. The Bertz CT molecular complexity index is 1310. The molecule has 8 heteroatoms. The summed E-state index contributed by atoms with van der Waals surface area (Å²) < 4.78 is 11.7. The van der Waals surface area contributed by atoms with Crippen LogP contribution in [0.2, 0.25) is 0 Å². The molecule has 194 valence electrons. The van der Waals surface area contributed by atoms with Crippen molar-refractivity contribution in [2.45, 2.75) is 36.3 Å². The van der Waals surface area contributed by atoms with E-state index in [-0.39, 0.29) is 23.9 Å². The third-order valence-electron chi connectivity index (χ3n) is 6.64. The van der Waals surface area contributed by atoms with Crippen LogP contribution in [0.25, 0.3) is 0 Å². The Hall–Kier alpha value is -3.88. The Morgan fingerprint density at radius 3 is 2.03 bits per heavy atom. The van der Waals surface area contributed by atoms with Crippen LogP contribution in [-0.4, -0.2) is 46.6 Å². The lowest BCUT2D eigenvalue weighted by Crippen LogP contribution is -2.71. The van der Waals surface area contributed by atoms with Gasteiger partial charge in [0, 0.05) is 7.11 Å². The molecule has 2 heterocycles. The molecule has 0 spiro atoms. The van der Waals surface area contributed by atoms with E-state index in [0.29, 0.717) is 5.57 Å². The molecule has 1 fully saturated rings. The smallest absolute Gasteiger partial charge is 0.356 e. The lowest BCUT2D eigenvalue weighted by molar-refractivity contribution is -0.155. The van der Waals surface area contributed by atoms with Crippen LogP contribution in [0.5, 0.6) is 0 Å². The number of nitrogens with one attached hydrogen (secondary N) is 1. The number of rotatable bonds is 8. The monoisotopic (exact) mass is 528 g/mol. The van der Waals surface area contributed by atoms with Crippen molar-refractivity contribution in [3.63, 3.8) is 0 Å². The number of nitrogens with zero attached hydrogens (tertiary/aromatic N) is 1. The molecule has 1 saturated heterocycles. The molecule has 0 aromatic heterocycles. The van der Waals surface area contributed by atoms with Gasteiger partial charge in [-0.1, -0.05) is 103 Å². The molecule has 3 atom stereocenters. The van der Waals surface area contributed by atoms with Crippen molar-refractivity contribution < 1.29 is 23.9 Å². The van der Waals surface area contributed by atoms with Gasteiger partial charge in [0.15, 0.2) is 6.10 Å². The first kappa shape index (κ1) is 25.8. The van der Waals surface area contributed by atoms with E-state index >= 15 is 0 Å². The number of carbonyl (C=O) groups is 3. The minimum Gasteiger partial charge on any atom is -0.448 e. The quantitative estimate of drug-likeness (QED) is 0.348. The second-order valence-corrected chi connectivity index (χ2v) is 10.3. The molecule has 0 saturated carbocycles. The number of thioether (sulfide) groups is 1. The lowest BCUT2D eigenvalue weighted by Gasteiger charge is -2.51. The van der Waals surface area contributed by atoms with Crippen molar-refractivity contribution >= 4 is 29.5 Å². The van der Waals surface area contributed by atoms with E-state index in [9.17, 15) is 14.4 Å². The highest BCUT2D eigenvalue weighted by atomic mass is 32.2. The van der Waals surface area contributed by atoms with Crippen LogP contribution >= 0.6 is 11.8 Å². The van der Waals surface area contributed by atoms with Crippen LogP contribution in [0.15, 0.2) is 102 Å². The minimum absolute atomic E-state index is 0.162. The second kappa shape index (κ2) is 11.2. The zero-order valence-electron chi connectivity index (χ0n) is 21.1. The summed E-state index contributed by atoms with van der Waals surface area (Å²) in [5.41, 5.74) is 2.78. The summed E-state index contributed by atoms with van der Waals surface area (Å²) >= 11 is 1.38. The number of ether oxygens (including phenoxy) is 2. The molecule has 0 radical (unpaired) electrons. The SMILES string of the molecule is CO[C@H]1S[C@@H]2[C@@H](NC(=O)Cc3ccccc3)C(=O)N2C(C(=O)OC(c2ccccc2)c2ccccc2)=C1C. The maximum Gasteiger partial charge on any atom is 0.356 e. The van der Waals surface area contributed by atoms with Crippen molar-refractivity contribution in [3.05, 3.63) is 119 Å². The summed E-state index contributed by atoms with van der Waals surface area (Å²) in [5.74, 6) is -1.22. The average Bonchev–Trinajstić information content (AvgIpc) is 2.95. The van der Waals surface area contributed by atoms with Gasteiger partial charge >= 0.3 is 5.97 Å². The predicted molar refractivity (Wildman–Crippen MR) is 145 cm³/mol. The van der Waals surface area contributed by atoms with Gasteiger partial charge in [0.1, 0.15) is 22.5 Å². The van der Waals surface area contributed by atoms with Crippen LogP contribution in [0.4, 0.5) is 0 Å². The van der Waals surface area contributed by atoms with E-state index in [4.69, 9.17) is 9.47 Å². The molecule has 3 aromatic rings. The summed E-state index contributed by atoms with van der Waals surface area (Å²) in [6, 6.07) is 27.5. The number of hydrogen-bond donors (Lipinski definition) is 1. The average molecular weight is 529 g/mol. The molecule has 1 N–H and O–H groups in total. The van der Waals surface area contributed by atoms with Crippen molar-refractivity contribution in [3.8, 4) is 0 Å². The van der Waals surface area contributed by atoms with Crippen LogP contribution in [0.3, 0.4) is 0 Å². The molecular weight excluding hydrogens is 500 g/mol. The number of benzene rings is 3. The van der Waals surface area contributed by atoms with Crippen LogP contribution in [0, 0.1) is 0 Å². The molecule has 2 aliphatic heterocycles. The number of β-lactam (4-membered cyclic amide) rings is 1. The normalized spacial score (nSPS) is 20.6. The van der Waals surface area contributed by atoms with Gasteiger partial charge in [-0.05, 0) is 29.2 Å². The van der Waals surface area contributed by atoms with Crippen LogP contribution in [0.1, 0.15) is 29.7 Å². The van der Waals surface area contributed by atoms with Gasteiger partial charge in [-0.2, -0.15) is 0 Å². The van der Waals surface area contributed by atoms with E-state index in [1.807, 2.05) is 91.0 Å². The van der Waals surface area contributed by atoms with E-state index in [2.05, 4.69) is 5.32 Å². The molecule has 7 nitrogen and oxygen atoms in total. The molecule has 0 bridgehead atoms. The van der Waals surface area contributed by atoms with Gasteiger partial charge < -0.3 is 14.8 Å². The zero-order chi connectivity index (χ0) is 26.6. The fourth-order valence-corrected chi connectivity index (χ4v) is 6.10.